The molecule has 0 aliphatic heterocycles. The van der Waals surface area contributed by atoms with Crippen LogP contribution in [0, 0.1) is 0 Å². The molecule has 3 N–H and O–H groups in total. The zero-order valence-electron chi connectivity index (χ0n) is 12.0. The van der Waals surface area contributed by atoms with Crippen molar-refractivity contribution in [1.29, 1.82) is 0 Å². The lowest BCUT2D eigenvalue weighted by Gasteiger charge is -2.10. The first kappa shape index (κ1) is 17.4. The summed E-state index contributed by atoms with van der Waals surface area (Å²) in [6.45, 7) is 5.03. The van der Waals surface area contributed by atoms with Crippen molar-refractivity contribution in [2.45, 2.75) is 20.0 Å². The molecule has 1 aromatic carbocycles. The van der Waals surface area contributed by atoms with Crippen LogP contribution in [-0.2, 0) is 9.53 Å². The average molecular weight is 315 g/mol. The third-order valence-corrected chi connectivity index (χ3v) is 2.83. The topological polar surface area (TPSA) is 87.7 Å². The van der Waals surface area contributed by atoms with Crippen LogP contribution in [0.4, 0.5) is 5.69 Å². The summed E-state index contributed by atoms with van der Waals surface area (Å²) < 4.78 is 5.32. The van der Waals surface area contributed by atoms with Crippen LogP contribution >= 0.6 is 11.6 Å². The second-order valence-corrected chi connectivity index (χ2v) is 5.05. The Balaban J connectivity index is 2.44. The molecule has 0 aromatic heterocycles. The molecule has 1 rings (SSSR count). The quantitative estimate of drug-likeness (QED) is 0.639. The van der Waals surface area contributed by atoms with Crippen molar-refractivity contribution in [3.05, 3.63) is 28.8 Å². The number of carboxylic acid groups (broad SMARTS) is 1. The van der Waals surface area contributed by atoms with E-state index in [9.17, 15) is 9.59 Å². The van der Waals surface area contributed by atoms with Crippen LogP contribution < -0.4 is 10.6 Å². The number of carbonyl (C=O) groups is 2. The average Bonchev–Trinajstić information content (AvgIpc) is 2.40. The molecular weight excluding hydrogens is 296 g/mol. The summed E-state index contributed by atoms with van der Waals surface area (Å²) >= 11 is 5.92. The normalized spacial score (nSPS) is 10.7. The predicted octanol–water partition coefficient (Wildman–Crippen LogP) is 1.99. The van der Waals surface area contributed by atoms with Crippen LogP contribution in [0.25, 0.3) is 0 Å². The summed E-state index contributed by atoms with van der Waals surface area (Å²) in [6.07, 6.45) is 0.151. The molecule has 0 bridgehead atoms. The Labute approximate surface area is 128 Å². The van der Waals surface area contributed by atoms with Crippen LogP contribution in [0.15, 0.2) is 18.2 Å². The lowest BCUT2D eigenvalue weighted by molar-refractivity contribution is -0.115. The molecule has 21 heavy (non-hydrogen) atoms. The number of nitrogens with one attached hydrogen (secondary N) is 2. The summed E-state index contributed by atoms with van der Waals surface area (Å²) in [4.78, 5) is 22.6. The molecule has 116 valence electrons. The SMILES string of the molecule is CC(C)OCCNCC(=O)Nc1cc(C(=O)O)ccc1Cl. The van der Waals surface area contributed by atoms with E-state index in [2.05, 4.69) is 10.6 Å². The number of hydrogen-bond acceptors (Lipinski definition) is 4. The Hall–Kier alpha value is -1.63. The fourth-order valence-electron chi connectivity index (χ4n) is 1.52. The molecule has 1 aromatic rings. The van der Waals surface area contributed by atoms with Gasteiger partial charge in [0, 0.05) is 6.54 Å². The number of carbonyl (C=O) groups excluding carboxylic acids is 1. The summed E-state index contributed by atoms with van der Waals surface area (Å²) in [6, 6.07) is 4.14. The molecule has 7 heteroatoms. The molecule has 6 nitrogen and oxygen atoms in total. The zero-order valence-corrected chi connectivity index (χ0v) is 12.7. The van der Waals surface area contributed by atoms with Gasteiger partial charge in [0.05, 0.1) is 35.5 Å². The fraction of sp³-hybridized carbons (Fsp3) is 0.429. The van der Waals surface area contributed by atoms with Crippen LogP contribution in [0.1, 0.15) is 24.2 Å². The van der Waals surface area contributed by atoms with Crippen LogP contribution in [0.5, 0.6) is 0 Å². The van der Waals surface area contributed by atoms with Crippen LogP contribution in [0.3, 0.4) is 0 Å². The highest BCUT2D eigenvalue weighted by atomic mass is 35.5. The van der Waals surface area contributed by atoms with Gasteiger partial charge in [0.2, 0.25) is 5.91 Å². The van der Waals surface area contributed by atoms with Crippen molar-refractivity contribution < 1.29 is 19.4 Å². The Morgan fingerprint density at radius 2 is 2.10 bits per heavy atom. The number of carboxylic acids is 1. The third-order valence-electron chi connectivity index (χ3n) is 2.50. The van der Waals surface area contributed by atoms with E-state index in [-0.39, 0.29) is 34.8 Å². The molecule has 0 radical (unpaired) electrons. The number of benzene rings is 1. The molecule has 0 fully saturated rings. The van der Waals surface area contributed by atoms with Gasteiger partial charge in [0.25, 0.3) is 0 Å². The maximum atomic E-state index is 11.7. The predicted molar refractivity (Wildman–Crippen MR) is 81.0 cm³/mol. The number of hydrogen-bond donors (Lipinski definition) is 3. The van der Waals surface area contributed by atoms with Gasteiger partial charge in [-0.2, -0.15) is 0 Å². The van der Waals surface area contributed by atoms with E-state index >= 15 is 0 Å². The van der Waals surface area contributed by atoms with E-state index < -0.39 is 5.97 Å². The third kappa shape index (κ3) is 6.57. The highest BCUT2D eigenvalue weighted by molar-refractivity contribution is 6.33. The highest BCUT2D eigenvalue weighted by Gasteiger charge is 2.09. The smallest absolute Gasteiger partial charge is 0.335 e. The van der Waals surface area contributed by atoms with E-state index in [1.54, 1.807) is 0 Å². The molecule has 0 saturated heterocycles. The van der Waals surface area contributed by atoms with Gasteiger partial charge in [-0.1, -0.05) is 11.6 Å². The van der Waals surface area contributed by atoms with Crippen molar-refractivity contribution in [3.63, 3.8) is 0 Å². The first-order valence-electron chi connectivity index (χ1n) is 6.55. The molecule has 0 spiro atoms. The number of halogens is 1. The van der Waals surface area contributed by atoms with Crippen molar-refractivity contribution in [2.75, 3.05) is 25.0 Å². The number of ether oxygens (including phenoxy) is 1. The molecule has 0 heterocycles. The number of rotatable bonds is 8. The Bertz CT molecular complexity index is 506. The van der Waals surface area contributed by atoms with Gasteiger partial charge in [-0.05, 0) is 32.0 Å². The van der Waals surface area contributed by atoms with Gasteiger partial charge in [-0.15, -0.1) is 0 Å². The minimum Gasteiger partial charge on any atom is -0.478 e. The number of aromatic carboxylic acids is 1. The van der Waals surface area contributed by atoms with Crippen molar-refractivity contribution >= 4 is 29.2 Å². The first-order chi connectivity index (χ1) is 9.90. The largest absolute Gasteiger partial charge is 0.478 e. The van der Waals surface area contributed by atoms with Crippen molar-refractivity contribution in [1.82, 2.24) is 5.32 Å². The van der Waals surface area contributed by atoms with Gasteiger partial charge >= 0.3 is 5.97 Å². The maximum absolute atomic E-state index is 11.7. The van der Waals surface area contributed by atoms with E-state index in [4.69, 9.17) is 21.4 Å². The summed E-state index contributed by atoms with van der Waals surface area (Å²) in [7, 11) is 0. The second kappa shape index (κ2) is 8.61. The number of anilines is 1. The van der Waals surface area contributed by atoms with Gasteiger partial charge in [-0.25, -0.2) is 4.79 Å². The monoisotopic (exact) mass is 314 g/mol. The fourth-order valence-corrected chi connectivity index (χ4v) is 1.68. The standard InChI is InChI=1S/C14H19ClN2O4/c1-9(2)21-6-5-16-8-13(18)17-12-7-10(14(19)20)3-4-11(12)15/h3-4,7,9,16H,5-6,8H2,1-2H3,(H,17,18)(H,19,20). The minimum absolute atomic E-state index is 0.0630. The minimum atomic E-state index is -1.08. The number of amides is 1. The van der Waals surface area contributed by atoms with Gasteiger partial charge < -0.3 is 20.5 Å². The molecule has 0 unspecified atom stereocenters. The molecule has 1 amide bonds. The lowest BCUT2D eigenvalue weighted by Crippen LogP contribution is -2.31. The van der Waals surface area contributed by atoms with Gasteiger partial charge in [-0.3, -0.25) is 4.79 Å². The molecule has 0 aliphatic rings. The summed E-state index contributed by atoms with van der Waals surface area (Å²) in [5.74, 6) is -1.38. The molecule has 0 atom stereocenters. The first-order valence-corrected chi connectivity index (χ1v) is 6.93. The maximum Gasteiger partial charge on any atom is 0.335 e. The van der Waals surface area contributed by atoms with E-state index in [1.807, 2.05) is 13.8 Å². The second-order valence-electron chi connectivity index (χ2n) is 4.64. The Morgan fingerprint density at radius 1 is 1.38 bits per heavy atom. The Kier molecular flexibility index (Phi) is 7.14. The van der Waals surface area contributed by atoms with E-state index in [0.717, 1.165) is 0 Å². The molecular formula is C14H19ClN2O4. The van der Waals surface area contributed by atoms with E-state index in [0.29, 0.717) is 13.2 Å². The zero-order chi connectivity index (χ0) is 15.8. The summed E-state index contributed by atoms with van der Waals surface area (Å²) in [5.41, 5.74) is 0.342. The Morgan fingerprint density at radius 3 is 2.71 bits per heavy atom. The van der Waals surface area contributed by atoms with Crippen LogP contribution in [0.2, 0.25) is 5.02 Å². The molecule has 0 aliphatic carbocycles. The van der Waals surface area contributed by atoms with Crippen molar-refractivity contribution in [2.24, 2.45) is 0 Å². The van der Waals surface area contributed by atoms with Crippen molar-refractivity contribution in [3.8, 4) is 0 Å². The summed E-state index contributed by atoms with van der Waals surface area (Å²) in [5, 5.41) is 14.7. The lowest BCUT2D eigenvalue weighted by atomic mass is 10.2. The highest BCUT2D eigenvalue weighted by Crippen LogP contribution is 2.22. The van der Waals surface area contributed by atoms with Gasteiger partial charge in [0.15, 0.2) is 0 Å². The van der Waals surface area contributed by atoms with E-state index in [1.165, 1.54) is 18.2 Å². The molecule has 0 saturated carbocycles. The van der Waals surface area contributed by atoms with Gasteiger partial charge in [0.1, 0.15) is 0 Å². The van der Waals surface area contributed by atoms with Crippen LogP contribution in [-0.4, -0.2) is 42.8 Å².